The minimum atomic E-state index is -0.900. The van der Waals surface area contributed by atoms with Crippen LogP contribution in [0.3, 0.4) is 0 Å². The fourth-order valence-corrected chi connectivity index (χ4v) is 7.72. The van der Waals surface area contributed by atoms with Crippen molar-refractivity contribution in [3.8, 4) is 0 Å². The van der Waals surface area contributed by atoms with E-state index in [2.05, 4.69) is 22.8 Å². The SMILES string of the molecule is O=C(N[C@@H](Cc1ccccc1)C[C@H](O)[C@H](Cc1ccccc1)NC(=O)C1=Cc2ccccc2SC1)C1=Cc2ccccc2SC1. The zero-order valence-electron chi connectivity index (χ0n) is 24.9. The summed E-state index contributed by atoms with van der Waals surface area (Å²) in [5.41, 5.74) is 5.55. The summed E-state index contributed by atoms with van der Waals surface area (Å²) in [5, 5.41) is 18.2. The van der Waals surface area contributed by atoms with Gasteiger partial charge in [-0.1, -0.05) is 97.1 Å². The van der Waals surface area contributed by atoms with Gasteiger partial charge in [0.2, 0.25) is 11.8 Å². The van der Waals surface area contributed by atoms with E-state index in [4.69, 9.17) is 0 Å². The van der Waals surface area contributed by atoms with Crippen LogP contribution >= 0.6 is 23.5 Å². The Labute approximate surface area is 273 Å². The third-order valence-electron chi connectivity index (χ3n) is 8.11. The van der Waals surface area contributed by atoms with Crippen molar-refractivity contribution < 1.29 is 14.7 Å². The van der Waals surface area contributed by atoms with Gasteiger partial charge in [0.15, 0.2) is 0 Å². The average Bonchev–Trinajstić information content (AvgIpc) is 3.08. The number of carbonyl (C=O) groups is 2. The molecule has 2 aliphatic rings. The van der Waals surface area contributed by atoms with Gasteiger partial charge in [-0.25, -0.2) is 0 Å². The Kier molecular flexibility index (Phi) is 10.2. The van der Waals surface area contributed by atoms with Crippen LogP contribution in [-0.2, 0) is 22.4 Å². The highest BCUT2D eigenvalue weighted by molar-refractivity contribution is 8.00. The first-order valence-corrected chi connectivity index (χ1v) is 17.2. The van der Waals surface area contributed by atoms with E-state index in [0.717, 1.165) is 27.1 Å². The van der Waals surface area contributed by atoms with Crippen molar-refractivity contribution in [3.05, 3.63) is 143 Å². The van der Waals surface area contributed by atoms with E-state index in [1.165, 1.54) is 4.90 Å². The summed E-state index contributed by atoms with van der Waals surface area (Å²) in [7, 11) is 0. The Morgan fingerprint density at radius 2 is 1.09 bits per heavy atom. The Balaban J connectivity index is 1.21. The molecule has 5 nitrogen and oxygen atoms in total. The maximum Gasteiger partial charge on any atom is 0.248 e. The van der Waals surface area contributed by atoms with Gasteiger partial charge in [-0.2, -0.15) is 0 Å². The summed E-state index contributed by atoms with van der Waals surface area (Å²) in [6.07, 6.45) is 4.32. The molecule has 228 valence electrons. The van der Waals surface area contributed by atoms with Gasteiger partial charge < -0.3 is 15.7 Å². The molecule has 0 spiro atoms. The van der Waals surface area contributed by atoms with Gasteiger partial charge in [-0.15, -0.1) is 23.5 Å². The Morgan fingerprint density at radius 1 is 0.622 bits per heavy atom. The lowest BCUT2D eigenvalue weighted by Gasteiger charge is -2.29. The fourth-order valence-electron chi connectivity index (χ4n) is 5.73. The number of nitrogens with one attached hydrogen (secondary N) is 2. The van der Waals surface area contributed by atoms with Crippen LogP contribution in [-0.4, -0.2) is 46.6 Å². The van der Waals surface area contributed by atoms with Gasteiger partial charge in [0.1, 0.15) is 0 Å². The highest BCUT2D eigenvalue weighted by Crippen LogP contribution is 2.33. The smallest absolute Gasteiger partial charge is 0.248 e. The van der Waals surface area contributed by atoms with Crippen molar-refractivity contribution in [1.82, 2.24) is 10.6 Å². The third-order valence-corrected chi connectivity index (χ3v) is 10.4. The number of benzene rings is 4. The molecule has 0 aliphatic carbocycles. The largest absolute Gasteiger partial charge is 0.391 e. The molecule has 3 N–H and O–H groups in total. The molecule has 0 saturated heterocycles. The fraction of sp³-hybridized carbons (Fsp3) is 0.211. The van der Waals surface area contributed by atoms with Gasteiger partial charge in [-0.3, -0.25) is 9.59 Å². The van der Waals surface area contributed by atoms with Crippen LogP contribution in [0.2, 0.25) is 0 Å². The normalized spacial score (nSPS) is 15.8. The summed E-state index contributed by atoms with van der Waals surface area (Å²) in [5.74, 6) is 0.854. The molecule has 0 aromatic heterocycles. The van der Waals surface area contributed by atoms with Gasteiger partial charge in [-0.05, 0) is 65.8 Å². The van der Waals surface area contributed by atoms with Gasteiger partial charge in [0.25, 0.3) is 0 Å². The number of thioether (sulfide) groups is 2. The maximum absolute atomic E-state index is 13.6. The quantitative estimate of drug-likeness (QED) is 0.174. The first-order valence-electron chi connectivity index (χ1n) is 15.2. The molecule has 0 radical (unpaired) electrons. The highest BCUT2D eigenvalue weighted by Gasteiger charge is 2.29. The van der Waals surface area contributed by atoms with Crippen LogP contribution in [0.4, 0.5) is 0 Å². The van der Waals surface area contributed by atoms with E-state index in [1.54, 1.807) is 23.5 Å². The zero-order chi connectivity index (χ0) is 31.0. The number of carbonyl (C=O) groups excluding carboxylic acids is 2. The number of amides is 2. The molecular weight excluding hydrogens is 597 g/mol. The predicted molar refractivity (Wildman–Crippen MR) is 185 cm³/mol. The van der Waals surface area contributed by atoms with Crippen molar-refractivity contribution in [1.29, 1.82) is 0 Å². The predicted octanol–water partition coefficient (Wildman–Crippen LogP) is 6.57. The lowest BCUT2D eigenvalue weighted by Crippen LogP contribution is -2.49. The standard InChI is InChI=1S/C38H36N2O3S2/c41-34(33(20-27-13-5-2-6-14-27)40-38(43)31-22-29-16-8-10-18-36(29)45-25-31)23-32(19-26-11-3-1-4-12-26)39-37(42)30-21-28-15-7-9-17-35(28)44-24-30/h1-18,21-22,32-34,41H,19-20,23-25H2,(H,39,42)(H,40,43)/t32-,33-,34-/m0/s1. The lowest BCUT2D eigenvalue weighted by molar-refractivity contribution is -0.120. The first-order chi connectivity index (χ1) is 22.0. The van der Waals surface area contributed by atoms with Crippen molar-refractivity contribution in [2.75, 3.05) is 11.5 Å². The second-order valence-corrected chi connectivity index (χ2v) is 13.5. The van der Waals surface area contributed by atoms with E-state index in [-0.39, 0.29) is 24.3 Å². The molecule has 2 heterocycles. The lowest BCUT2D eigenvalue weighted by atomic mass is 9.93. The minimum Gasteiger partial charge on any atom is -0.391 e. The number of hydrogen-bond acceptors (Lipinski definition) is 5. The van der Waals surface area contributed by atoms with E-state index < -0.39 is 12.1 Å². The molecule has 4 aromatic rings. The third kappa shape index (κ3) is 8.17. The van der Waals surface area contributed by atoms with Crippen LogP contribution in [0.1, 0.15) is 28.7 Å². The van der Waals surface area contributed by atoms with Crippen molar-refractivity contribution in [3.63, 3.8) is 0 Å². The Morgan fingerprint density at radius 3 is 1.64 bits per heavy atom. The van der Waals surface area contributed by atoms with Crippen LogP contribution in [0.15, 0.2) is 130 Å². The molecule has 2 aliphatic heterocycles. The van der Waals surface area contributed by atoms with E-state index >= 15 is 0 Å². The average molecular weight is 633 g/mol. The summed E-state index contributed by atoms with van der Waals surface area (Å²) in [6, 6.07) is 35.1. The van der Waals surface area contributed by atoms with Crippen LogP contribution in [0.25, 0.3) is 12.2 Å². The molecule has 45 heavy (non-hydrogen) atoms. The van der Waals surface area contributed by atoms with Gasteiger partial charge >= 0.3 is 0 Å². The number of aliphatic hydroxyl groups is 1. The molecule has 0 saturated carbocycles. The van der Waals surface area contributed by atoms with E-state index in [0.29, 0.717) is 35.5 Å². The number of hydrogen-bond donors (Lipinski definition) is 3. The van der Waals surface area contributed by atoms with Gasteiger partial charge in [0.05, 0.1) is 12.1 Å². The molecule has 2 amide bonds. The van der Waals surface area contributed by atoms with Gasteiger partial charge in [0, 0.05) is 38.5 Å². The highest BCUT2D eigenvalue weighted by atomic mass is 32.2. The molecule has 6 rings (SSSR count). The summed E-state index contributed by atoms with van der Waals surface area (Å²) >= 11 is 3.31. The van der Waals surface area contributed by atoms with E-state index in [1.807, 2.05) is 109 Å². The Bertz CT molecular complexity index is 1700. The van der Waals surface area contributed by atoms with E-state index in [9.17, 15) is 14.7 Å². The molecule has 4 aromatic carbocycles. The molecule has 0 bridgehead atoms. The first kappa shape index (κ1) is 31.0. The number of aliphatic hydroxyl groups excluding tert-OH is 1. The summed E-state index contributed by atoms with van der Waals surface area (Å²) < 4.78 is 0. The summed E-state index contributed by atoms with van der Waals surface area (Å²) in [4.78, 5) is 29.5. The van der Waals surface area contributed by atoms with Crippen LogP contribution in [0, 0.1) is 0 Å². The van der Waals surface area contributed by atoms with Crippen LogP contribution in [0.5, 0.6) is 0 Å². The second-order valence-electron chi connectivity index (χ2n) is 11.4. The molecule has 7 heteroatoms. The van der Waals surface area contributed by atoms with Crippen molar-refractivity contribution >= 4 is 47.5 Å². The van der Waals surface area contributed by atoms with Crippen molar-refractivity contribution in [2.24, 2.45) is 0 Å². The monoisotopic (exact) mass is 632 g/mol. The molecular formula is C38H36N2O3S2. The minimum absolute atomic E-state index is 0.128. The molecule has 0 unspecified atom stereocenters. The topological polar surface area (TPSA) is 78.4 Å². The summed E-state index contributed by atoms with van der Waals surface area (Å²) in [6.45, 7) is 0. The number of fused-ring (bicyclic) bond motifs is 2. The molecule has 3 atom stereocenters. The van der Waals surface area contributed by atoms with Crippen molar-refractivity contribution in [2.45, 2.75) is 47.2 Å². The second kappa shape index (κ2) is 14.8. The number of rotatable bonds is 11. The Hall–Kier alpha value is -4.04. The maximum atomic E-state index is 13.6. The van der Waals surface area contributed by atoms with Crippen LogP contribution < -0.4 is 10.6 Å². The zero-order valence-corrected chi connectivity index (χ0v) is 26.5. The molecule has 0 fully saturated rings.